The van der Waals surface area contributed by atoms with Crippen molar-refractivity contribution >= 4 is 28.2 Å². The van der Waals surface area contributed by atoms with Crippen LogP contribution in [0.15, 0.2) is 40.7 Å². The van der Waals surface area contributed by atoms with Gasteiger partial charge in [-0.15, -0.1) is 11.3 Å². The molecule has 1 aliphatic heterocycles. The molecule has 1 unspecified atom stereocenters. The van der Waals surface area contributed by atoms with Gasteiger partial charge in [0.15, 0.2) is 5.13 Å². The third kappa shape index (κ3) is 6.84. The molecule has 1 aromatic carbocycles. The van der Waals surface area contributed by atoms with Crippen LogP contribution in [-0.4, -0.2) is 23.1 Å². The minimum Gasteiger partial charge on any atom is -0.493 e. The number of nitrogens with zero attached hydrogens (tertiary/aromatic N) is 3. The number of rotatable bonds is 11. The van der Waals surface area contributed by atoms with Gasteiger partial charge in [0.05, 0.1) is 28.6 Å². The fraction of sp³-hybridized carbons (Fsp3) is 0.444. The van der Waals surface area contributed by atoms with Crippen molar-refractivity contribution in [2.24, 2.45) is 10.9 Å². The van der Waals surface area contributed by atoms with Gasteiger partial charge in [-0.3, -0.25) is 4.99 Å². The van der Waals surface area contributed by atoms with Gasteiger partial charge in [-0.2, -0.15) is 13.2 Å². The predicted molar refractivity (Wildman–Crippen MR) is 138 cm³/mol. The van der Waals surface area contributed by atoms with Crippen molar-refractivity contribution in [1.29, 1.82) is 0 Å². The molecule has 0 spiro atoms. The van der Waals surface area contributed by atoms with Crippen molar-refractivity contribution in [3.05, 3.63) is 52.0 Å². The largest absolute Gasteiger partial charge is 0.493 e. The van der Waals surface area contributed by atoms with Gasteiger partial charge in [0.1, 0.15) is 11.4 Å². The van der Waals surface area contributed by atoms with Crippen LogP contribution in [0.2, 0.25) is 0 Å². The number of unbranched alkanes of at least 4 members (excludes halogenated alkanes) is 5. The summed E-state index contributed by atoms with van der Waals surface area (Å²) in [5.41, 5.74) is 0.870. The second kappa shape index (κ2) is 11.9. The Labute approximate surface area is 213 Å². The maximum absolute atomic E-state index is 13.7. The first-order valence-corrected chi connectivity index (χ1v) is 13.3. The van der Waals surface area contributed by atoms with Gasteiger partial charge in [-0.1, -0.05) is 52.0 Å². The van der Waals surface area contributed by atoms with E-state index in [1.54, 1.807) is 6.07 Å². The van der Waals surface area contributed by atoms with E-state index in [-0.39, 0.29) is 12.4 Å². The first-order valence-electron chi connectivity index (χ1n) is 12.4. The molecule has 3 aromatic rings. The van der Waals surface area contributed by atoms with Crippen molar-refractivity contribution in [1.82, 2.24) is 9.97 Å². The Balaban J connectivity index is 1.44. The first kappa shape index (κ1) is 26.1. The second-order valence-corrected chi connectivity index (χ2v) is 9.93. The van der Waals surface area contributed by atoms with Crippen molar-refractivity contribution in [2.45, 2.75) is 58.5 Å². The van der Waals surface area contributed by atoms with E-state index in [2.05, 4.69) is 40.2 Å². The maximum Gasteiger partial charge on any atom is 0.420 e. The molecule has 0 saturated heterocycles. The summed E-state index contributed by atoms with van der Waals surface area (Å²) in [7, 11) is 0. The molecule has 3 heterocycles. The van der Waals surface area contributed by atoms with E-state index in [1.807, 2.05) is 17.5 Å². The van der Waals surface area contributed by atoms with Gasteiger partial charge in [0.2, 0.25) is 0 Å². The number of halogens is 3. The molecule has 0 bridgehead atoms. The lowest BCUT2D eigenvalue weighted by molar-refractivity contribution is -0.138. The first-order chi connectivity index (χ1) is 17.3. The van der Waals surface area contributed by atoms with Crippen LogP contribution in [0.5, 0.6) is 5.75 Å². The Bertz CT molecular complexity index is 1290. The van der Waals surface area contributed by atoms with Crippen LogP contribution in [0.3, 0.4) is 0 Å². The molecule has 0 amide bonds. The lowest BCUT2D eigenvalue weighted by atomic mass is 10.1. The van der Waals surface area contributed by atoms with Crippen LogP contribution in [0, 0.1) is 5.92 Å². The number of fused-ring (bicyclic) bond motifs is 1. The highest BCUT2D eigenvalue weighted by Gasteiger charge is 2.34. The van der Waals surface area contributed by atoms with Crippen molar-refractivity contribution in [3.63, 3.8) is 0 Å². The number of benzene rings is 1. The molecule has 36 heavy (non-hydrogen) atoms. The molecule has 192 valence electrons. The van der Waals surface area contributed by atoms with Crippen molar-refractivity contribution < 1.29 is 17.9 Å². The summed E-state index contributed by atoms with van der Waals surface area (Å²) in [6, 6.07) is 7.82. The monoisotopic (exact) mass is 516 g/mol. The topological polar surface area (TPSA) is 59.4 Å². The van der Waals surface area contributed by atoms with Crippen LogP contribution in [-0.2, 0) is 6.18 Å². The Hall–Kier alpha value is -2.94. The number of aromatic nitrogens is 2. The summed E-state index contributed by atoms with van der Waals surface area (Å²) in [6.45, 7) is 5.26. The Morgan fingerprint density at radius 1 is 1.03 bits per heavy atom. The summed E-state index contributed by atoms with van der Waals surface area (Å²) in [4.78, 5) is 13.7. The van der Waals surface area contributed by atoms with E-state index in [1.165, 1.54) is 23.8 Å². The zero-order chi connectivity index (χ0) is 25.5. The van der Waals surface area contributed by atoms with E-state index in [0.29, 0.717) is 28.1 Å². The molecule has 9 heteroatoms. The average molecular weight is 517 g/mol. The third-order valence-corrected chi connectivity index (χ3v) is 6.71. The van der Waals surface area contributed by atoms with Crippen LogP contribution in [0.1, 0.15) is 57.9 Å². The molecule has 1 atom stereocenters. The molecular formula is C27H31F3N4OS. The van der Waals surface area contributed by atoms with Gasteiger partial charge in [-0.05, 0) is 42.7 Å². The average Bonchev–Trinajstić information content (AvgIpc) is 3.31. The van der Waals surface area contributed by atoms with E-state index < -0.39 is 11.7 Å². The van der Waals surface area contributed by atoms with Crippen molar-refractivity contribution in [2.75, 3.05) is 18.5 Å². The standard InChI is InChI=1S/C27H31F3N4OS/c1-3-4-5-6-7-8-13-35-25-12-9-19(15-20(25)27(28,29)30)32-26-34-24(17-36-26)22-11-10-21-23(33-22)14-18(2)16-31-21/h9-12,14-15,17-18H,3-8,13,16H2,1-2H3,(H,32,34). The smallest absolute Gasteiger partial charge is 0.420 e. The highest BCUT2D eigenvalue weighted by Crippen LogP contribution is 2.39. The predicted octanol–water partition coefficient (Wildman–Crippen LogP) is 6.76. The molecule has 1 aliphatic rings. The van der Waals surface area contributed by atoms with Gasteiger partial charge >= 0.3 is 6.18 Å². The fourth-order valence-electron chi connectivity index (χ4n) is 4.02. The summed E-state index contributed by atoms with van der Waals surface area (Å²) >= 11 is 1.31. The quantitative estimate of drug-likeness (QED) is 0.286. The SMILES string of the molecule is CCCCCCCCOc1ccc(Nc2nc(-c3ccc4c(n3)=CC(C)CN=4)cs2)cc1C(F)(F)F. The normalized spacial score (nSPS) is 15.1. The number of anilines is 2. The summed E-state index contributed by atoms with van der Waals surface area (Å²) < 4.78 is 46.7. The van der Waals surface area contributed by atoms with E-state index in [4.69, 9.17) is 4.74 Å². The zero-order valence-corrected chi connectivity index (χ0v) is 21.4. The molecule has 4 rings (SSSR count). The summed E-state index contributed by atoms with van der Waals surface area (Å²) in [5.74, 6) is 0.184. The fourth-order valence-corrected chi connectivity index (χ4v) is 4.75. The molecule has 1 N–H and O–H groups in total. The zero-order valence-electron chi connectivity index (χ0n) is 20.6. The number of hydrogen-bond acceptors (Lipinski definition) is 6. The molecule has 0 fully saturated rings. The van der Waals surface area contributed by atoms with Gasteiger partial charge in [0, 0.05) is 17.6 Å². The minimum absolute atomic E-state index is 0.143. The molecule has 2 aromatic heterocycles. The van der Waals surface area contributed by atoms with Gasteiger partial charge < -0.3 is 10.1 Å². The Kier molecular flexibility index (Phi) is 8.61. The van der Waals surface area contributed by atoms with E-state index >= 15 is 0 Å². The van der Waals surface area contributed by atoms with Crippen LogP contribution < -0.4 is 20.8 Å². The number of pyridine rings is 1. The number of thiazole rings is 1. The molecule has 5 nitrogen and oxygen atoms in total. The Morgan fingerprint density at radius 2 is 1.83 bits per heavy atom. The summed E-state index contributed by atoms with van der Waals surface area (Å²) in [6.07, 6.45) is 3.84. The second-order valence-electron chi connectivity index (χ2n) is 9.07. The maximum atomic E-state index is 13.7. The minimum atomic E-state index is -4.52. The lowest BCUT2D eigenvalue weighted by Crippen LogP contribution is -2.33. The number of nitrogens with one attached hydrogen (secondary N) is 1. The number of ether oxygens (including phenoxy) is 1. The van der Waals surface area contributed by atoms with E-state index in [0.717, 1.165) is 55.4 Å². The van der Waals surface area contributed by atoms with Crippen molar-refractivity contribution in [3.8, 4) is 17.1 Å². The Morgan fingerprint density at radius 3 is 2.64 bits per heavy atom. The summed E-state index contributed by atoms with van der Waals surface area (Å²) in [5, 5.41) is 7.02. The van der Waals surface area contributed by atoms with Crippen LogP contribution in [0.25, 0.3) is 17.5 Å². The highest BCUT2D eigenvalue weighted by atomic mass is 32.1. The van der Waals surface area contributed by atoms with Crippen LogP contribution >= 0.6 is 11.3 Å². The van der Waals surface area contributed by atoms with Crippen LogP contribution in [0.4, 0.5) is 24.0 Å². The third-order valence-electron chi connectivity index (χ3n) is 5.95. The van der Waals surface area contributed by atoms with Gasteiger partial charge in [0.25, 0.3) is 0 Å². The highest BCUT2D eigenvalue weighted by molar-refractivity contribution is 7.14. The molecule has 0 saturated carbocycles. The number of hydrogen-bond donors (Lipinski definition) is 1. The number of alkyl halides is 3. The lowest BCUT2D eigenvalue weighted by Gasteiger charge is -2.15. The molecule has 0 aliphatic carbocycles. The molecule has 0 radical (unpaired) electrons. The van der Waals surface area contributed by atoms with Gasteiger partial charge in [-0.25, -0.2) is 9.97 Å². The van der Waals surface area contributed by atoms with E-state index in [9.17, 15) is 13.2 Å². The molecular weight excluding hydrogens is 485 g/mol.